The number of furan rings is 1. The minimum absolute atomic E-state index is 0.128. The molecular formula is C23H15Cl3N2O5S. The van der Waals surface area contributed by atoms with E-state index in [1.807, 2.05) is 0 Å². The highest BCUT2D eigenvalue weighted by atomic mass is 35.5. The van der Waals surface area contributed by atoms with Crippen molar-refractivity contribution in [3.63, 3.8) is 0 Å². The van der Waals surface area contributed by atoms with Gasteiger partial charge in [0.15, 0.2) is 0 Å². The van der Waals surface area contributed by atoms with Crippen molar-refractivity contribution >= 4 is 75.4 Å². The van der Waals surface area contributed by atoms with Gasteiger partial charge in [-0.15, -0.1) is 0 Å². The van der Waals surface area contributed by atoms with Crippen LogP contribution in [0.5, 0.6) is 5.75 Å². The summed E-state index contributed by atoms with van der Waals surface area (Å²) in [6, 6.07) is 13.0. The maximum Gasteiger partial charge on any atom is 0.294 e. The number of benzene rings is 2. The van der Waals surface area contributed by atoms with Gasteiger partial charge in [0.05, 0.1) is 22.1 Å². The van der Waals surface area contributed by atoms with Gasteiger partial charge in [0.1, 0.15) is 23.8 Å². The molecule has 7 nitrogen and oxygen atoms in total. The molecule has 0 aliphatic carbocycles. The monoisotopic (exact) mass is 536 g/mol. The van der Waals surface area contributed by atoms with Crippen molar-refractivity contribution in [2.75, 3.05) is 19.0 Å². The summed E-state index contributed by atoms with van der Waals surface area (Å²) in [6.07, 6.45) is 1.44. The van der Waals surface area contributed by atoms with Crippen LogP contribution in [-0.2, 0) is 9.59 Å². The van der Waals surface area contributed by atoms with Crippen LogP contribution in [0.15, 0.2) is 57.9 Å². The molecule has 1 fully saturated rings. The third kappa shape index (κ3) is 5.26. The maximum absolute atomic E-state index is 12.7. The molecule has 0 bridgehead atoms. The van der Waals surface area contributed by atoms with E-state index in [-0.39, 0.29) is 4.91 Å². The van der Waals surface area contributed by atoms with Crippen LogP contribution in [0.25, 0.3) is 17.4 Å². The van der Waals surface area contributed by atoms with E-state index in [2.05, 4.69) is 5.32 Å². The summed E-state index contributed by atoms with van der Waals surface area (Å²) in [5, 5.41) is 3.30. The van der Waals surface area contributed by atoms with Gasteiger partial charge >= 0.3 is 0 Å². The lowest BCUT2D eigenvalue weighted by atomic mass is 10.2. The first-order valence-corrected chi connectivity index (χ1v) is 11.6. The number of nitrogens with zero attached hydrogens (tertiary/aromatic N) is 1. The minimum atomic E-state index is -0.600. The zero-order chi connectivity index (χ0) is 24.4. The van der Waals surface area contributed by atoms with Crippen molar-refractivity contribution in [1.82, 2.24) is 4.90 Å². The molecule has 0 saturated carbocycles. The number of hydrogen-bond donors (Lipinski definition) is 1. The van der Waals surface area contributed by atoms with Gasteiger partial charge in [0, 0.05) is 22.3 Å². The van der Waals surface area contributed by atoms with Gasteiger partial charge in [-0.05, 0) is 60.3 Å². The number of ether oxygens (including phenoxy) is 1. The minimum Gasteiger partial charge on any atom is -0.495 e. The number of hydrogen-bond acceptors (Lipinski definition) is 6. The van der Waals surface area contributed by atoms with Crippen LogP contribution in [0.4, 0.5) is 10.5 Å². The quantitative estimate of drug-likeness (QED) is 0.357. The Morgan fingerprint density at radius 2 is 1.88 bits per heavy atom. The van der Waals surface area contributed by atoms with Crippen LogP contribution in [0.3, 0.4) is 0 Å². The molecule has 1 N–H and O–H groups in total. The molecule has 3 aromatic rings. The lowest BCUT2D eigenvalue weighted by Crippen LogP contribution is -2.36. The van der Waals surface area contributed by atoms with Crippen LogP contribution in [0, 0.1) is 0 Å². The summed E-state index contributed by atoms with van der Waals surface area (Å²) in [4.78, 5) is 38.5. The number of imide groups is 1. The fraction of sp³-hybridized carbons (Fsp3) is 0.0870. The van der Waals surface area contributed by atoms with E-state index in [1.165, 1.54) is 19.3 Å². The maximum atomic E-state index is 12.7. The molecule has 0 spiro atoms. The molecule has 0 unspecified atom stereocenters. The number of anilines is 1. The van der Waals surface area contributed by atoms with Crippen molar-refractivity contribution < 1.29 is 23.5 Å². The van der Waals surface area contributed by atoms with Gasteiger partial charge < -0.3 is 14.5 Å². The van der Waals surface area contributed by atoms with Crippen LogP contribution < -0.4 is 10.1 Å². The van der Waals surface area contributed by atoms with Gasteiger partial charge in [-0.25, -0.2) is 0 Å². The lowest BCUT2D eigenvalue weighted by Gasteiger charge is -2.13. The van der Waals surface area contributed by atoms with Crippen LogP contribution in [0.2, 0.25) is 15.1 Å². The third-order valence-corrected chi connectivity index (χ3v) is 6.47. The molecule has 1 aromatic heterocycles. The Hall–Kier alpha value is -2.91. The van der Waals surface area contributed by atoms with Gasteiger partial charge in [-0.3, -0.25) is 19.3 Å². The van der Waals surface area contributed by atoms with E-state index < -0.39 is 23.6 Å². The molecule has 2 heterocycles. The molecule has 1 aliphatic heterocycles. The number of carbonyl (C=O) groups excluding carboxylic acids is 3. The van der Waals surface area contributed by atoms with E-state index in [0.717, 1.165) is 4.90 Å². The van der Waals surface area contributed by atoms with E-state index >= 15 is 0 Å². The molecule has 11 heteroatoms. The Balaban J connectivity index is 1.45. The Morgan fingerprint density at radius 1 is 1.09 bits per heavy atom. The lowest BCUT2D eigenvalue weighted by molar-refractivity contribution is -0.127. The first-order chi connectivity index (χ1) is 16.2. The van der Waals surface area contributed by atoms with Crippen LogP contribution in [-0.4, -0.2) is 35.6 Å². The summed E-state index contributed by atoms with van der Waals surface area (Å²) in [7, 11) is 1.47. The summed E-state index contributed by atoms with van der Waals surface area (Å²) < 4.78 is 10.8. The summed E-state index contributed by atoms with van der Waals surface area (Å²) in [6.45, 7) is -0.451. The molecule has 0 atom stereocenters. The SMILES string of the molecule is COc1ccc(NC(=O)CN2C(=O)S/C(=C/c3ccc(-c4cc(Cl)ccc4Cl)o3)C2=O)cc1Cl. The predicted octanol–water partition coefficient (Wildman–Crippen LogP) is 6.59. The molecule has 34 heavy (non-hydrogen) atoms. The van der Waals surface area contributed by atoms with Gasteiger partial charge in [0.2, 0.25) is 5.91 Å². The molecule has 1 saturated heterocycles. The number of nitrogens with one attached hydrogen (secondary N) is 1. The second-order valence-corrected chi connectivity index (χ2v) is 9.24. The standard InChI is InChI=1S/C23H15Cl3N2O5S/c1-32-19-6-3-13(9-17(19)26)27-21(29)11-28-22(30)20(34-23(28)31)10-14-4-7-18(33-14)15-8-12(24)2-5-16(15)25/h2-10H,11H2,1H3,(H,27,29)/b20-10+. The summed E-state index contributed by atoms with van der Waals surface area (Å²) in [5.74, 6) is 0.0937. The fourth-order valence-electron chi connectivity index (χ4n) is 3.12. The van der Waals surface area contributed by atoms with Crippen molar-refractivity contribution in [1.29, 1.82) is 0 Å². The second-order valence-electron chi connectivity index (χ2n) is 6.99. The van der Waals surface area contributed by atoms with E-state index in [4.69, 9.17) is 44.0 Å². The van der Waals surface area contributed by atoms with Gasteiger partial charge in [-0.1, -0.05) is 34.8 Å². The van der Waals surface area contributed by atoms with Crippen molar-refractivity contribution in [3.8, 4) is 17.1 Å². The van der Waals surface area contributed by atoms with Gasteiger partial charge in [-0.2, -0.15) is 0 Å². The molecule has 0 radical (unpaired) electrons. The molecule has 174 valence electrons. The highest BCUT2D eigenvalue weighted by Gasteiger charge is 2.36. The molecule has 2 aromatic carbocycles. The average molecular weight is 538 g/mol. The Morgan fingerprint density at radius 3 is 2.62 bits per heavy atom. The number of halogens is 3. The first-order valence-electron chi connectivity index (χ1n) is 9.69. The second kappa shape index (κ2) is 10.1. The van der Waals surface area contributed by atoms with E-state index in [9.17, 15) is 14.4 Å². The Kier molecular flexibility index (Phi) is 7.23. The van der Waals surface area contributed by atoms with Crippen LogP contribution in [0.1, 0.15) is 5.76 Å². The number of thioether (sulfide) groups is 1. The average Bonchev–Trinajstić information content (AvgIpc) is 3.36. The smallest absolute Gasteiger partial charge is 0.294 e. The van der Waals surface area contributed by atoms with E-state index in [1.54, 1.807) is 42.5 Å². The number of rotatable bonds is 6. The van der Waals surface area contributed by atoms with Crippen molar-refractivity contribution in [3.05, 3.63) is 74.3 Å². The number of carbonyl (C=O) groups is 3. The van der Waals surface area contributed by atoms with Crippen molar-refractivity contribution in [2.24, 2.45) is 0 Å². The van der Waals surface area contributed by atoms with Gasteiger partial charge in [0.25, 0.3) is 11.1 Å². The molecular weight excluding hydrogens is 523 g/mol. The highest BCUT2D eigenvalue weighted by molar-refractivity contribution is 8.18. The highest BCUT2D eigenvalue weighted by Crippen LogP contribution is 2.35. The third-order valence-electron chi connectivity index (χ3n) is 4.70. The summed E-state index contributed by atoms with van der Waals surface area (Å²) in [5.41, 5.74) is 0.998. The largest absolute Gasteiger partial charge is 0.495 e. The molecule has 3 amide bonds. The van der Waals surface area contributed by atoms with Crippen LogP contribution >= 0.6 is 46.6 Å². The normalized spacial score (nSPS) is 14.7. The predicted molar refractivity (Wildman–Crippen MR) is 133 cm³/mol. The van der Waals surface area contributed by atoms with Crippen molar-refractivity contribution in [2.45, 2.75) is 0 Å². The molecule has 4 rings (SSSR count). The first kappa shape index (κ1) is 24.2. The number of methoxy groups -OCH3 is 1. The fourth-order valence-corrected chi connectivity index (χ4v) is 4.57. The Bertz CT molecular complexity index is 1340. The number of amides is 3. The zero-order valence-electron chi connectivity index (χ0n) is 17.4. The van der Waals surface area contributed by atoms with E-state index in [0.29, 0.717) is 55.4 Å². The molecule has 1 aliphatic rings. The zero-order valence-corrected chi connectivity index (χ0v) is 20.5. The topological polar surface area (TPSA) is 88.8 Å². The summed E-state index contributed by atoms with van der Waals surface area (Å²) >= 11 is 19.0. The Labute approximate surface area is 213 Å².